The summed E-state index contributed by atoms with van der Waals surface area (Å²) >= 11 is 7.42. The standard InChI is InChI=1S/C22H19ClN4O2S/c1-13-17-12-18(30-20(17)27(26-13)16-10-6-9-15(23)11-16)19(28)25-22(2,21(24)29)14-7-4-3-5-8-14/h3-12H,1-2H3,(H2,24,29)(H,25,28)/t22-/m0/s1. The van der Waals surface area contributed by atoms with Gasteiger partial charge in [0.15, 0.2) is 0 Å². The molecular weight excluding hydrogens is 420 g/mol. The van der Waals surface area contributed by atoms with E-state index in [1.807, 2.05) is 31.2 Å². The number of nitrogens with one attached hydrogen (secondary N) is 1. The van der Waals surface area contributed by atoms with Crippen molar-refractivity contribution >= 4 is 45.0 Å². The zero-order valence-corrected chi connectivity index (χ0v) is 17.9. The normalized spacial score (nSPS) is 13.2. The number of thiophene rings is 1. The van der Waals surface area contributed by atoms with Gasteiger partial charge in [-0.05, 0) is 43.7 Å². The Morgan fingerprint density at radius 3 is 2.53 bits per heavy atom. The summed E-state index contributed by atoms with van der Waals surface area (Å²) in [6.45, 7) is 3.49. The predicted octanol–water partition coefficient (Wildman–Crippen LogP) is 4.18. The third-order valence-electron chi connectivity index (χ3n) is 5.03. The first kappa shape index (κ1) is 20.1. The zero-order valence-electron chi connectivity index (χ0n) is 16.3. The molecule has 0 aliphatic carbocycles. The summed E-state index contributed by atoms with van der Waals surface area (Å²) < 4.78 is 1.77. The summed E-state index contributed by atoms with van der Waals surface area (Å²) in [4.78, 5) is 26.6. The molecule has 6 nitrogen and oxygen atoms in total. The number of primary amides is 1. The average molecular weight is 439 g/mol. The fraction of sp³-hybridized carbons (Fsp3) is 0.136. The predicted molar refractivity (Wildman–Crippen MR) is 119 cm³/mol. The van der Waals surface area contributed by atoms with Crippen LogP contribution in [-0.4, -0.2) is 21.6 Å². The van der Waals surface area contributed by atoms with Gasteiger partial charge in [-0.15, -0.1) is 11.3 Å². The minimum absolute atomic E-state index is 0.376. The Kier molecular flexibility index (Phi) is 5.09. The van der Waals surface area contributed by atoms with Gasteiger partial charge >= 0.3 is 0 Å². The number of nitrogens with two attached hydrogens (primary N) is 1. The highest BCUT2D eigenvalue weighted by molar-refractivity contribution is 7.20. The van der Waals surface area contributed by atoms with Gasteiger partial charge in [-0.2, -0.15) is 5.10 Å². The van der Waals surface area contributed by atoms with Crippen molar-refractivity contribution in [2.75, 3.05) is 0 Å². The maximum atomic E-state index is 13.1. The van der Waals surface area contributed by atoms with Crippen molar-refractivity contribution in [3.8, 4) is 5.69 Å². The fourth-order valence-corrected chi connectivity index (χ4v) is 4.54. The lowest BCUT2D eigenvalue weighted by Crippen LogP contribution is -2.52. The van der Waals surface area contributed by atoms with E-state index in [1.54, 1.807) is 48.0 Å². The van der Waals surface area contributed by atoms with Gasteiger partial charge in [0.25, 0.3) is 5.91 Å². The molecule has 2 heterocycles. The van der Waals surface area contributed by atoms with E-state index in [0.29, 0.717) is 15.5 Å². The van der Waals surface area contributed by atoms with Crippen LogP contribution in [0.2, 0.25) is 5.02 Å². The Labute approximate surface area is 182 Å². The van der Waals surface area contributed by atoms with E-state index in [-0.39, 0.29) is 5.91 Å². The van der Waals surface area contributed by atoms with E-state index in [1.165, 1.54) is 11.3 Å². The molecule has 3 N–H and O–H groups in total. The molecule has 1 atom stereocenters. The maximum absolute atomic E-state index is 13.1. The van der Waals surface area contributed by atoms with Crippen LogP contribution in [0, 0.1) is 6.92 Å². The number of aromatic nitrogens is 2. The SMILES string of the molecule is Cc1nn(-c2cccc(Cl)c2)c2sc(C(=O)N[C@](C)(C(N)=O)c3ccccc3)cc12. The second-order valence-corrected chi connectivity index (χ2v) is 8.58. The number of hydrogen-bond donors (Lipinski definition) is 2. The number of fused-ring (bicyclic) bond motifs is 1. The highest BCUT2D eigenvalue weighted by Gasteiger charge is 2.35. The summed E-state index contributed by atoms with van der Waals surface area (Å²) in [5.41, 5.74) is 6.53. The van der Waals surface area contributed by atoms with Gasteiger partial charge in [-0.1, -0.05) is 48.0 Å². The van der Waals surface area contributed by atoms with E-state index < -0.39 is 11.4 Å². The minimum atomic E-state index is -1.33. The quantitative estimate of drug-likeness (QED) is 0.489. The van der Waals surface area contributed by atoms with Crippen LogP contribution in [0.25, 0.3) is 15.9 Å². The molecule has 4 rings (SSSR count). The monoisotopic (exact) mass is 438 g/mol. The zero-order chi connectivity index (χ0) is 21.5. The number of amides is 2. The van der Waals surface area contributed by atoms with Crippen LogP contribution < -0.4 is 11.1 Å². The van der Waals surface area contributed by atoms with Crippen LogP contribution in [0.1, 0.15) is 27.9 Å². The summed E-state index contributed by atoms with van der Waals surface area (Å²) in [5, 5.41) is 8.85. The Bertz CT molecular complexity index is 1260. The van der Waals surface area contributed by atoms with Crippen molar-refractivity contribution in [2.24, 2.45) is 5.73 Å². The molecule has 0 radical (unpaired) electrons. The first-order valence-electron chi connectivity index (χ1n) is 9.22. The smallest absolute Gasteiger partial charge is 0.262 e. The summed E-state index contributed by atoms with van der Waals surface area (Å²) in [5.74, 6) is -1.01. The highest BCUT2D eigenvalue weighted by atomic mass is 35.5. The number of carbonyl (C=O) groups is 2. The molecule has 0 spiro atoms. The molecule has 2 amide bonds. The van der Waals surface area contributed by atoms with Crippen LogP contribution in [0.4, 0.5) is 0 Å². The van der Waals surface area contributed by atoms with Crippen molar-refractivity contribution in [3.63, 3.8) is 0 Å². The molecule has 0 aliphatic rings. The minimum Gasteiger partial charge on any atom is -0.367 e. The number of rotatable bonds is 5. The van der Waals surface area contributed by atoms with E-state index in [9.17, 15) is 9.59 Å². The molecule has 0 saturated carbocycles. The van der Waals surface area contributed by atoms with Crippen LogP contribution >= 0.6 is 22.9 Å². The third-order valence-corrected chi connectivity index (χ3v) is 6.37. The van der Waals surface area contributed by atoms with Crippen molar-refractivity contribution in [2.45, 2.75) is 19.4 Å². The first-order chi connectivity index (χ1) is 14.3. The van der Waals surface area contributed by atoms with Crippen molar-refractivity contribution in [1.82, 2.24) is 15.1 Å². The molecule has 2 aromatic heterocycles. The molecule has 0 saturated heterocycles. The Hall–Kier alpha value is -3.16. The van der Waals surface area contributed by atoms with Gasteiger partial charge in [0, 0.05) is 10.4 Å². The molecule has 30 heavy (non-hydrogen) atoms. The second kappa shape index (κ2) is 7.59. The van der Waals surface area contributed by atoms with E-state index in [0.717, 1.165) is 21.6 Å². The summed E-state index contributed by atoms with van der Waals surface area (Å²) in [6, 6.07) is 18.1. The number of benzene rings is 2. The van der Waals surface area contributed by atoms with Gasteiger partial charge < -0.3 is 11.1 Å². The van der Waals surface area contributed by atoms with E-state index in [4.69, 9.17) is 17.3 Å². The lowest BCUT2D eigenvalue weighted by atomic mass is 9.91. The van der Waals surface area contributed by atoms with Gasteiger partial charge in [0.05, 0.1) is 16.3 Å². The molecule has 8 heteroatoms. The second-order valence-electron chi connectivity index (χ2n) is 7.12. The first-order valence-corrected chi connectivity index (χ1v) is 10.4. The largest absolute Gasteiger partial charge is 0.367 e. The van der Waals surface area contributed by atoms with Gasteiger partial charge in [-0.25, -0.2) is 4.68 Å². The maximum Gasteiger partial charge on any atom is 0.262 e. The third kappa shape index (κ3) is 3.46. The summed E-state index contributed by atoms with van der Waals surface area (Å²) in [7, 11) is 0. The van der Waals surface area contributed by atoms with Crippen molar-refractivity contribution < 1.29 is 9.59 Å². The van der Waals surface area contributed by atoms with Gasteiger partial charge in [0.2, 0.25) is 5.91 Å². The number of hydrogen-bond acceptors (Lipinski definition) is 4. The number of halogens is 1. The Morgan fingerprint density at radius 1 is 1.13 bits per heavy atom. The Balaban J connectivity index is 1.72. The van der Waals surface area contributed by atoms with Gasteiger partial charge in [-0.3, -0.25) is 9.59 Å². The number of aryl methyl sites for hydroxylation is 1. The van der Waals surface area contributed by atoms with Gasteiger partial charge in [0.1, 0.15) is 10.4 Å². The van der Waals surface area contributed by atoms with E-state index >= 15 is 0 Å². The molecule has 0 bridgehead atoms. The molecule has 0 unspecified atom stereocenters. The number of nitrogens with zero attached hydrogens (tertiary/aromatic N) is 2. The average Bonchev–Trinajstić information content (AvgIpc) is 3.29. The van der Waals surface area contributed by atoms with Crippen LogP contribution in [0.3, 0.4) is 0 Å². The molecule has 2 aromatic carbocycles. The lowest BCUT2D eigenvalue weighted by molar-refractivity contribution is -0.123. The lowest BCUT2D eigenvalue weighted by Gasteiger charge is -2.27. The molecule has 0 aliphatic heterocycles. The van der Waals surface area contributed by atoms with Crippen LogP contribution in [0.5, 0.6) is 0 Å². The number of carbonyl (C=O) groups excluding carboxylic acids is 2. The van der Waals surface area contributed by atoms with Crippen molar-refractivity contribution in [3.05, 3.63) is 81.8 Å². The van der Waals surface area contributed by atoms with E-state index in [2.05, 4.69) is 10.4 Å². The molecule has 152 valence electrons. The van der Waals surface area contributed by atoms with Crippen LogP contribution in [-0.2, 0) is 10.3 Å². The molecular formula is C22H19ClN4O2S. The fourth-order valence-electron chi connectivity index (χ4n) is 3.28. The molecule has 4 aromatic rings. The molecule has 0 fully saturated rings. The highest BCUT2D eigenvalue weighted by Crippen LogP contribution is 2.32. The van der Waals surface area contributed by atoms with Crippen molar-refractivity contribution in [1.29, 1.82) is 0 Å². The summed E-state index contributed by atoms with van der Waals surface area (Å²) in [6.07, 6.45) is 0. The Morgan fingerprint density at radius 2 is 1.87 bits per heavy atom. The topological polar surface area (TPSA) is 90.0 Å². The van der Waals surface area contributed by atoms with Crippen LogP contribution in [0.15, 0.2) is 60.7 Å².